The molecule has 2 nitrogen and oxygen atoms in total. The molecule has 0 spiro atoms. The molecule has 0 saturated carbocycles. The van der Waals surface area contributed by atoms with Crippen molar-refractivity contribution in [2.75, 3.05) is 0 Å². The largest absolute Gasteiger partial charge is 0.508 e. The van der Waals surface area contributed by atoms with Crippen molar-refractivity contribution in [1.82, 2.24) is 0 Å². The Morgan fingerprint density at radius 3 is 2.38 bits per heavy atom. The first-order chi connectivity index (χ1) is 7.66. The SMILES string of the molecule is CC(O)Cc1cc2c(cc1O)CCCCC2. The first-order valence-electron chi connectivity index (χ1n) is 6.18. The number of aliphatic hydroxyl groups is 1. The molecule has 2 rings (SSSR count). The van der Waals surface area contributed by atoms with Crippen LogP contribution in [-0.4, -0.2) is 16.3 Å². The van der Waals surface area contributed by atoms with Crippen LogP contribution in [0.5, 0.6) is 5.75 Å². The van der Waals surface area contributed by atoms with Gasteiger partial charge in [-0.1, -0.05) is 12.5 Å². The molecule has 1 aliphatic rings. The van der Waals surface area contributed by atoms with Crippen LogP contribution in [0.15, 0.2) is 12.1 Å². The summed E-state index contributed by atoms with van der Waals surface area (Å²) >= 11 is 0. The first-order valence-corrected chi connectivity index (χ1v) is 6.18. The fourth-order valence-electron chi connectivity index (χ4n) is 2.48. The molecule has 0 amide bonds. The summed E-state index contributed by atoms with van der Waals surface area (Å²) in [6.45, 7) is 1.76. The smallest absolute Gasteiger partial charge is 0.119 e. The van der Waals surface area contributed by atoms with Crippen molar-refractivity contribution in [3.63, 3.8) is 0 Å². The molecule has 88 valence electrons. The summed E-state index contributed by atoms with van der Waals surface area (Å²) in [5, 5.41) is 19.3. The fourth-order valence-corrected chi connectivity index (χ4v) is 2.48. The highest BCUT2D eigenvalue weighted by Crippen LogP contribution is 2.28. The first kappa shape index (κ1) is 11.5. The van der Waals surface area contributed by atoms with Gasteiger partial charge in [0.15, 0.2) is 0 Å². The monoisotopic (exact) mass is 220 g/mol. The summed E-state index contributed by atoms with van der Waals surface area (Å²) in [6, 6.07) is 3.99. The second-order valence-corrected chi connectivity index (χ2v) is 4.86. The normalized spacial score (nSPS) is 17.6. The summed E-state index contributed by atoms with van der Waals surface area (Å²) < 4.78 is 0. The third-order valence-electron chi connectivity index (χ3n) is 3.31. The average Bonchev–Trinajstić information content (AvgIpc) is 2.42. The van der Waals surface area contributed by atoms with Gasteiger partial charge in [0.1, 0.15) is 5.75 Å². The molecule has 0 radical (unpaired) electrons. The van der Waals surface area contributed by atoms with E-state index in [2.05, 4.69) is 6.07 Å². The fraction of sp³-hybridized carbons (Fsp3) is 0.571. The van der Waals surface area contributed by atoms with Crippen LogP contribution in [0.1, 0.15) is 42.9 Å². The van der Waals surface area contributed by atoms with Crippen LogP contribution in [0, 0.1) is 0 Å². The Morgan fingerprint density at radius 2 is 1.75 bits per heavy atom. The lowest BCUT2D eigenvalue weighted by Gasteiger charge is -2.12. The van der Waals surface area contributed by atoms with Gasteiger partial charge in [0.2, 0.25) is 0 Å². The molecule has 2 N–H and O–H groups in total. The Balaban J connectivity index is 2.31. The Hall–Kier alpha value is -1.02. The maximum Gasteiger partial charge on any atom is 0.119 e. The number of benzene rings is 1. The number of hydrogen-bond acceptors (Lipinski definition) is 2. The van der Waals surface area contributed by atoms with Gasteiger partial charge in [-0.2, -0.15) is 0 Å². The van der Waals surface area contributed by atoms with Gasteiger partial charge in [0.05, 0.1) is 6.10 Å². The van der Waals surface area contributed by atoms with E-state index < -0.39 is 6.10 Å². The third kappa shape index (κ3) is 2.56. The predicted molar refractivity (Wildman–Crippen MR) is 64.8 cm³/mol. The zero-order valence-electron chi connectivity index (χ0n) is 9.87. The summed E-state index contributed by atoms with van der Waals surface area (Å²) in [5.41, 5.74) is 3.55. The molecule has 1 aromatic carbocycles. The van der Waals surface area contributed by atoms with Gasteiger partial charge in [0.25, 0.3) is 0 Å². The number of aliphatic hydroxyl groups excluding tert-OH is 1. The number of hydrogen-bond donors (Lipinski definition) is 2. The number of aromatic hydroxyl groups is 1. The maximum absolute atomic E-state index is 9.90. The second-order valence-electron chi connectivity index (χ2n) is 4.86. The second kappa shape index (κ2) is 4.88. The van der Waals surface area contributed by atoms with Gasteiger partial charge in [-0.05, 0) is 55.4 Å². The molecule has 1 atom stereocenters. The van der Waals surface area contributed by atoms with Crippen molar-refractivity contribution in [2.45, 2.75) is 51.6 Å². The van der Waals surface area contributed by atoms with E-state index in [-0.39, 0.29) is 0 Å². The van der Waals surface area contributed by atoms with E-state index in [4.69, 9.17) is 0 Å². The summed E-state index contributed by atoms with van der Waals surface area (Å²) in [5.74, 6) is 0.349. The average molecular weight is 220 g/mol. The van der Waals surface area contributed by atoms with E-state index in [9.17, 15) is 10.2 Å². The van der Waals surface area contributed by atoms with Crippen molar-refractivity contribution < 1.29 is 10.2 Å². The van der Waals surface area contributed by atoms with Crippen LogP contribution in [0.2, 0.25) is 0 Å². The molecule has 1 aromatic rings. The van der Waals surface area contributed by atoms with Gasteiger partial charge in [-0.3, -0.25) is 0 Å². The number of aryl methyl sites for hydroxylation is 2. The summed E-state index contributed by atoms with van der Waals surface area (Å²) in [7, 11) is 0. The Kier molecular flexibility index (Phi) is 3.49. The maximum atomic E-state index is 9.90. The Bertz CT molecular complexity index is 369. The molecule has 0 aliphatic heterocycles. The minimum Gasteiger partial charge on any atom is -0.508 e. The molecule has 1 aliphatic carbocycles. The van der Waals surface area contributed by atoms with Crippen LogP contribution in [0.3, 0.4) is 0 Å². The lowest BCUT2D eigenvalue weighted by Crippen LogP contribution is -2.05. The molecule has 0 bridgehead atoms. The molecule has 1 unspecified atom stereocenters. The number of phenols is 1. The molecule has 16 heavy (non-hydrogen) atoms. The van der Waals surface area contributed by atoms with E-state index in [0.29, 0.717) is 12.2 Å². The van der Waals surface area contributed by atoms with Gasteiger partial charge < -0.3 is 10.2 Å². The van der Waals surface area contributed by atoms with Crippen LogP contribution in [0.25, 0.3) is 0 Å². The molecular formula is C14H20O2. The highest BCUT2D eigenvalue weighted by atomic mass is 16.3. The lowest BCUT2D eigenvalue weighted by atomic mass is 9.97. The molecule has 0 fully saturated rings. The van der Waals surface area contributed by atoms with E-state index in [1.54, 1.807) is 6.92 Å². The van der Waals surface area contributed by atoms with E-state index in [1.165, 1.54) is 30.4 Å². The quantitative estimate of drug-likeness (QED) is 0.752. The minimum absolute atomic E-state index is 0.349. The van der Waals surface area contributed by atoms with E-state index in [0.717, 1.165) is 18.4 Å². The highest BCUT2D eigenvalue weighted by Gasteiger charge is 2.13. The Morgan fingerprint density at radius 1 is 1.12 bits per heavy atom. The predicted octanol–water partition coefficient (Wildman–Crippen LogP) is 2.58. The minimum atomic E-state index is -0.394. The number of phenolic OH excluding ortho intramolecular Hbond substituents is 1. The van der Waals surface area contributed by atoms with Gasteiger partial charge in [0, 0.05) is 6.42 Å². The lowest BCUT2D eigenvalue weighted by molar-refractivity contribution is 0.194. The van der Waals surface area contributed by atoms with Crippen LogP contribution in [-0.2, 0) is 19.3 Å². The van der Waals surface area contributed by atoms with Gasteiger partial charge in [-0.15, -0.1) is 0 Å². The van der Waals surface area contributed by atoms with E-state index in [1.807, 2.05) is 6.07 Å². The molecule has 0 aromatic heterocycles. The van der Waals surface area contributed by atoms with Gasteiger partial charge in [-0.25, -0.2) is 0 Å². The molecule has 0 saturated heterocycles. The Labute approximate surface area is 96.9 Å². The molecule has 0 heterocycles. The van der Waals surface area contributed by atoms with Crippen LogP contribution < -0.4 is 0 Å². The number of fused-ring (bicyclic) bond motifs is 1. The molecular weight excluding hydrogens is 200 g/mol. The topological polar surface area (TPSA) is 40.5 Å². The van der Waals surface area contributed by atoms with Crippen molar-refractivity contribution in [3.05, 3.63) is 28.8 Å². The van der Waals surface area contributed by atoms with Gasteiger partial charge >= 0.3 is 0 Å². The zero-order chi connectivity index (χ0) is 11.5. The summed E-state index contributed by atoms with van der Waals surface area (Å²) in [6.07, 6.45) is 6.09. The molecule has 2 heteroatoms. The zero-order valence-corrected chi connectivity index (χ0v) is 9.87. The van der Waals surface area contributed by atoms with Crippen LogP contribution in [0.4, 0.5) is 0 Å². The summed E-state index contributed by atoms with van der Waals surface area (Å²) in [4.78, 5) is 0. The third-order valence-corrected chi connectivity index (χ3v) is 3.31. The van der Waals surface area contributed by atoms with Crippen molar-refractivity contribution in [2.24, 2.45) is 0 Å². The standard InChI is InChI=1S/C14H20O2/c1-10(15)7-13-8-11-5-3-2-4-6-12(11)9-14(13)16/h8-10,15-16H,2-7H2,1H3. The van der Waals surface area contributed by atoms with Crippen molar-refractivity contribution in [3.8, 4) is 5.75 Å². The van der Waals surface area contributed by atoms with Crippen molar-refractivity contribution in [1.29, 1.82) is 0 Å². The van der Waals surface area contributed by atoms with Crippen molar-refractivity contribution >= 4 is 0 Å². The highest BCUT2D eigenvalue weighted by molar-refractivity contribution is 5.43. The number of rotatable bonds is 2. The van der Waals surface area contributed by atoms with E-state index >= 15 is 0 Å². The van der Waals surface area contributed by atoms with Crippen LogP contribution >= 0.6 is 0 Å².